The number of anilines is 1. The zero-order chi connectivity index (χ0) is 19.8. The van der Waals surface area contributed by atoms with Gasteiger partial charge in [0.15, 0.2) is 6.61 Å². The number of carbonyl (C=O) groups is 2. The molecule has 7 nitrogen and oxygen atoms in total. The second-order valence-electron chi connectivity index (χ2n) is 6.52. The molecular weight excluding hydrogens is 356 g/mol. The lowest BCUT2D eigenvalue weighted by molar-refractivity contribution is -0.124. The van der Waals surface area contributed by atoms with Crippen molar-refractivity contribution < 1.29 is 14.3 Å². The lowest BCUT2D eigenvalue weighted by atomic mass is 10.1. The van der Waals surface area contributed by atoms with Gasteiger partial charge in [0, 0.05) is 24.8 Å². The van der Waals surface area contributed by atoms with Gasteiger partial charge in [0.2, 0.25) is 0 Å². The smallest absolute Gasteiger partial charge is 0.321 e. The summed E-state index contributed by atoms with van der Waals surface area (Å²) in [6.07, 6.45) is 1.37. The largest absolute Gasteiger partial charge is 0.482 e. The van der Waals surface area contributed by atoms with Crippen LogP contribution in [0, 0.1) is 11.3 Å². The SMILES string of the molecule is N#Cc1ccccc1OCC(=O)NC1CCN(C(=O)Nc2ccccc2)CC1. The van der Waals surface area contributed by atoms with Gasteiger partial charge in [-0.1, -0.05) is 30.3 Å². The van der Waals surface area contributed by atoms with Crippen LogP contribution < -0.4 is 15.4 Å². The molecule has 28 heavy (non-hydrogen) atoms. The minimum Gasteiger partial charge on any atom is -0.482 e. The molecule has 0 aromatic heterocycles. The predicted octanol–water partition coefficient (Wildman–Crippen LogP) is 2.75. The molecule has 0 unspecified atom stereocenters. The summed E-state index contributed by atoms with van der Waals surface area (Å²) in [6, 6.07) is 18.0. The van der Waals surface area contributed by atoms with Crippen LogP contribution in [0.1, 0.15) is 18.4 Å². The van der Waals surface area contributed by atoms with Gasteiger partial charge in [0.25, 0.3) is 5.91 Å². The van der Waals surface area contributed by atoms with E-state index in [0.717, 1.165) is 5.69 Å². The van der Waals surface area contributed by atoms with E-state index < -0.39 is 0 Å². The molecule has 1 saturated heterocycles. The van der Waals surface area contributed by atoms with E-state index in [9.17, 15) is 9.59 Å². The standard InChI is InChI=1S/C21H22N4O3/c22-14-16-6-4-5-9-19(16)28-15-20(26)23-18-10-12-25(13-11-18)21(27)24-17-7-2-1-3-8-17/h1-9,18H,10-13,15H2,(H,23,26)(H,24,27). The Morgan fingerprint density at radius 3 is 2.46 bits per heavy atom. The Balaban J connectivity index is 1.41. The quantitative estimate of drug-likeness (QED) is 0.836. The van der Waals surface area contributed by atoms with Crippen molar-refractivity contribution in [2.24, 2.45) is 0 Å². The molecule has 144 valence electrons. The molecule has 2 aromatic rings. The number of piperidine rings is 1. The van der Waals surface area contributed by atoms with Gasteiger partial charge in [-0.2, -0.15) is 5.26 Å². The van der Waals surface area contributed by atoms with Gasteiger partial charge in [0.05, 0.1) is 5.56 Å². The van der Waals surface area contributed by atoms with Crippen LogP contribution in [-0.4, -0.2) is 42.6 Å². The van der Waals surface area contributed by atoms with Crippen molar-refractivity contribution in [1.29, 1.82) is 5.26 Å². The number of ether oxygens (including phenoxy) is 1. The third-order valence-electron chi connectivity index (χ3n) is 4.54. The van der Waals surface area contributed by atoms with Crippen molar-refractivity contribution in [3.8, 4) is 11.8 Å². The number of nitrogens with one attached hydrogen (secondary N) is 2. The summed E-state index contributed by atoms with van der Waals surface area (Å²) in [5.41, 5.74) is 1.16. The Bertz CT molecular complexity index is 855. The number of nitrogens with zero attached hydrogens (tertiary/aromatic N) is 2. The van der Waals surface area contributed by atoms with Gasteiger partial charge in [-0.3, -0.25) is 4.79 Å². The molecule has 1 fully saturated rings. The fraction of sp³-hybridized carbons (Fsp3) is 0.286. The third-order valence-corrected chi connectivity index (χ3v) is 4.54. The number of likely N-dealkylation sites (tertiary alicyclic amines) is 1. The maximum absolute atomic E-state index is 12.3. The second kappa shape index (κ2) is 9.42. The van der Waals surface area contributed by atoms with Crippen molar-refractivity contribution >= 4 is 17.6 Å². The first kappa shape index (κ1) is 19.2. The number of para-hydroxylation sites is 2. The Morgan fingerprint density at radius 1 is 1.07 bits per heavy atom. The summed E-state index contributed by atoms with van der Waals surface area (Å²) >= 11 is 0. The van der Waals surface area contributed by atoms with E-state index in [1.54, 1.807) is 29.2 Å². The third kappa shape index (κ3) is 5.24. The molecule has 0 radical (unpaired) electrons. The summed E-state index contributed by atoms with van der Waals surface area (Å²) in [5.74, 6) is 0.160. The first-order valence-corrected chi connectivity index (χ1v) is 9.18. The van der Waals surface area contributed by atoms with E-state index in [2.05, 4.69) is 10.6 Å². The lowest BCUT2D eigenvalue weighted by Crippen LogP contribution is -2.48. The zero-order valence-corrected chi connectivity index (χ0v) is 15.4. The number of hydrogen-bond donors (Lipinski definition) is 2. The van der Waals surface area contributed by atoms with E-state index in [-0.39, 0.29) is 24.6 Å². The van der Waals surface area contributed by atoms with E-state index in [4.69, 9.17) is 10.00 Å². The molecule has 0 aliphatic carbocycles. The maximum Gasteiger partial charge on any atom is 0.321 e. The van der Waals surface area contributed by atoms with E-state index >= 15 is 0 Å². The van der Waals surface area contributed by atoms with Gasteiger partial charge in [-0.05, 0) is 37.1 Å². The second-order valence-corrected chi connectivity index (χ2v) is 6.52. The number of hydrogen-bond acceptors (Lipinski definition) is 4. The fourth-order valence-corrected chi connectivity index (χ4v) is 3.05. The molecule has 1 heterocycles. The average molecular weight is 378 g/mol. The molecule has 3 rings (SSSR count). The number of rotatable bonds is 5. The first-order chi connectivity index (χ1) is 13.7. The van der Waals surface area contributed by atoms with Crippen LogP contribution in [0.5, 0.6) is 5.75 Å². The molecule has 0 atom stereocenters. The fourth-order valence-electron chi connectivity index (χ4n) is 3.05. The number of carbonyl (C=O) groups excluding carboxylic acids is 2. The zero-order valence-electron chi connectivity index (χ0n) is 15.4. The number of benzene rings is 2. The lowest BCUT2D eigenvalue weighted by Gasteiger charge is -2.32. The van der Waals surface area contributed by atoms with Crippen LogP contribution in [0.15, 0.2) is 54.6 Å². The minimum absolute atomic E-state index is 0.00286. The summed E-state index contributed by atoms with van der Waals surface area (Å²) in [7, 11) is 0. The van der Waals surface area contributed by atoms with Gasteiger partial charge in [-0.15, -0.1) is 0 Å². The highest BCUT2D eigenvalue weighted by molar-refractivity contribution is 5.89. The maximum atomic E-state index is 12.3. The summed E-state index contributed by atoms with van der Waals surface area (Å²) in [6.45, 7) is 0.997. The van der Waals surface area contributed by atoms with Crippen molar-refractivity contribution in [3.05, 3.63) is 60.2 Å². The summed E-state index contributed by atoms with van der Waals surface area (Å²) in [5, 5.41) is 14.8. The van der Waals surface area contributed by atoms with Crippen LogP contribution in [0.25, 0.3) is 0 Å². The minimum atomic E-state index is -0.236. The van der Waals surface area contributed by atoms with Crippen LogP contribution in [0.3, 0.4) is 0 Å². The molecule has 2 aromatic carbocycles. The molecule has 0 saturated carbocycles. The van der Waals surface area contributed by atoms with E-state index in [0.29, 0.717) is 37.2 Å². The highest BCUT2D eigenvalue weighted by Gasteiger charge is 2.24. The molecular formula is C21H22N4O3. The number of nitriles is 1. The van der Waals surface area contributed by atoms with Crippen LogP contribution in [0.4, 0.5) is 10.5 Å². The van der Waals surface area contributed by atoms with Crippen LogP contribution in [-0.2, 0) is 4.79 Å². The molecule has 2 N–H and O–H groups in total. The highest BCUT2D eigenvalue weighted by atomic mass is 16.5. The number of amides is 3. The van der Waals surface area contributed by atoms with Crippen LogP contribution >= 0.6 is 0 Å². The van der Waals surface area contributed by atoms with E-state index in [1.165, 1.54) is 0 Å². The average Bonchev–Trinajstić information content (AvgIpc) is 2.73. The summed E-state index contributed by atoms with van der Waals surface area (Å²) < 4.78 is 5.45. The molecule has 0 bridgehead atoms. The molecule has 0 spiro atoms. The molecule has 7 heteroatoms. The Hall–Kier alpha value is -3.53. The van der Waals surface area contributed by atoms with Gasteiger partial charge < -0.3 is 20.3 Å². The Morgan fingerprint density at radius 2 is 1.75 bits per heavy atom. The van der Waals surface area contributed by atoms with Crippen molar-refractivity contribution in [1.82, 2.24) is 10.2 Å². The topological polar surface area (TPSA) is 94.5 Å². The van der Waals surface area contributed by atoms with Gasteiger partial charge >= 0.3 is 6.03 Å². The van der Waals surface area contributed by atoms with Crippen molar-refractivity contribution in [2.45, 2.75) is 18.9 Å². The van der Waals surface area contributed by atoms with E-state index in [1.807, 2.05) is 36.4 Å². The highest BCUT2D eigenvalue weighted by Crippen LogP contribution is 2.17. The Kier molecular flexibility index (Phi) is 6.47. The normalized spacial score (nSPS) is 14.0. The Labute approximate surface area is 163 Å². The van der Waals surface area contributed by atoms with Crippen LogP contribution in [0.2, 0.25) is 0 Å². The molecule has 1 aliphatic heterocycles. The number of urea groups is 1. The summed E-state index contributed by atoms with van der Waals surface area (Å²) in [4.78, 5) is 26.2. The first-order valence-electron chi connectivity index (χ1n) is 9.18. The molecule has 3 amide bonds. The van der Waals surface area contributed by atoms with Gasteiger partial charge in [-0.25, -0.2) is 4.79 Å². The van der Waals surface area contributed by atoms with Gasteiger partial charge in [0.1, 0.15) is 11.8 Å². The van der Waals surface area contributed by atoms with Crippen molar-refractivity contribution in [2.75, 3.05) is 25.0 Å². The van der Waals surface area contributed by atoms with Crippen molar-refractivity contribution in [3.63, 3.8) is 0 Å². The predicted molar refractivity (Wildman–Crippen MR) is 105 cm³/mol. The molecule has 1 aliphatic rings. The monoisotopic (exact) mass is 378 g/mol.